The summed E-state index contributed by atoms with van der Waals surface area (Å²) in [6.45, 7) is 10.9. The first-order valence-electron chi connectivity index (χ1n) is 10.8. The highest BCUT2D eigenvalue weighted by Crippen LogP contribution is 2.29. The topological polar surface area (TPSA) is 134 Å². The SMILES string of the molecule is CC(C)(C)OC(=O)NCC(=O)NCCCNC(=O)c1ccc2c(c1)C(=O)N(C(C)(C)C)C2=O. The minimum absolute atomic E-state index is 0.214. The van der Waals surface area contributed by atoms with Crippen molar-refractivity contribution in [2.24, 2.45) is 0 Å². The van der Waals surface area contributed by atoms with E-state index in [9.17, 15) is 24.0 Å². The van der Waals surface area contributed by atoms with Crippen LogP contribution in [0.2, 0.25) is 0 Å². The average Bonchev–Trinajstić information content (AvgIpc) is 2.94. The summed E-state index contributed by atoms with van der Waals surface area (Å²) in [6, 6.07) is 4.44. The zero-order valence-electron chi connectivity index (χ0n) is 20.0. The number of hydrogen-bond acceptors (Lipinski definition) is 6. The lowest BCUT2D eigenvalue weighted by atomic mass is 10.1. The third-order valence-electron chi connectivity index (χ3n) is 4.57. The summed E-state index contributed by atoms with van der Waals surface area (Å²) in [4.78, 5) is 62.1. The third-order valence-corrected chi connectivity index (χ3v) is 4.57. The molecule has 1 aliphatic rings. The Hall–Kier alpha value is -3.43. The van der Waals surface area contributed by atoms with Crippen LogP contribution in [0.1, 0.15) is 79.0 Å². The van der Waals surface area contributed by atoms with Gasteiger partial charge in [0.05, 0.1) is 17.7 Å². The molecule has 0 aliphatic carbocycles. The van der Waals surface area contributed by atoms with E-state index < -0.39 is 23.1 Å². The van der Waals surface area contributed by atoms with Gasteiger partial charge in [-0.15, -0.1) is 0 Å². The second-order valence-electron chi connectivity index (χ2n) is 9.69. The van der Waals surface area contributed by atoms with Gasteiger partial charge >= 0.3 is 6.09 Å². The summed E-state index contributed by atoms with van der Waals surface area (Å²) in [5.41, 5.74) is -0.535. The fourth-order valence-electron chi connectivity index (χ4n) is 3.14. The van der Waals surface area contributed by atoms with Crippen LogP contribution in [-0.2, 0) is 9.53 Å². The van der Waals surface area contributed by atoms with Gasteiger partial charge in [-0.2, -0.15) is 0 Å². The van der Waals surface area contributed by atoms with Crippen LogP contribution in [0.5, 0.6) is 0 Å². The van der Waals surface area contributed by atoms with E-state index in [2.05, 4.69) is 16.0 Å². The number of hydrogen-bond donors (Lipinski definition) is 3. The van der Waals surface area contributed by atoms with Crippen molar-refractivity contribution < 1.29 is 28.7 Å². The van der Waals surface area contributed by atoms with Gasteiger partial charge in [-0.1, -0.05) is 0 Å². The van der Waals surface area contributed by atoms with Crippen LogP contribution < -0.4 is 16.0 Å². The molecule has 1 heterocycles. The number of amides is 5. The highest BCUT2D eigenvalue weighted by atomic mass is 16.6. The highest BCUT2D eigenvalue weighted by molar-refractivity contribution is 6.22. The molecule has 0 unspecified atom stereocenters. The molecule has 2 rings (SSSR count). The van der Waals surface area contributed by atoms with Gasteiger partial charge in [0.2, 0.25) is 5.91 Å². The predicted molar refractivity (Wildman–Crippen MR) is 121 cm³/mol. The Balaban J connectivity index is 1.77. The maximum Gasteiger partial charge on any atom is 0.408 e. The van der Waals surface area contributed by atoms with E-state index >= 15 is 0 Å². The molecule has 0 atom stereocenters. The molecule has 180 valence electrons. The Bertz CT molecular complexity index is 959. The molecule has 0 spiro atoms. The normalized spacial score (nSPS) is 13.5. The minimum Gasteiger partial charge on any atom is -0.444 e. The Morgan fingerprint density at radius 2 is 1.48 bits per heavy atom. The van der Waals surface area contributed by atoms with Crippen molar-refractivity contribution >= 4 is 29.7 Å². The smallest absolute Gasteiger partial charge is 0.408 e. The van der Waals surface area contributed by atoms with Crippen molar-refractivity contribution in [3.05, 3.63) is 34.9 Å². The summed E-state index contributed by atoms with van der Waals surface area (Å²) in [5, 5.41) is 7.71. The number of fused-ring (bicyclic) bond motifs is 1. The maximum absolute atomic E-state index is 12.7. The van der Waals surface area contributed by atoms with Crippen molar-refractivity contribution in [3.63, 3.8) is 0 Å². The molecular formula is C23H32N4O6. The molecule has 0 saturated carbocycles. The largest absolute Gasteiger partial charge is 0.444 e. The number of alkyl carbamates (subject to hydrolysis) is 1. The molecule has 1 aromatic carbocycles. The van der Waals surface area contributed by atoms with Crippen molar-refractivity contribution in [1.82, 2.24) is 20.9 Å². The molecule has 5 amide bonds. The maximum atomic E-state index is 12.7. The fraction of sp³-hybridized carbons (Fsp3) is 0.522. The van der Waals surface area contributed by atoms with E-state index in [1.54, 1.807) is 41.5 Å². The Morgan fingerprint density at radius 1 is 0.879 bits per heavy atom. The molecule has 1 aliphatic heterocycles. The van der Waals surface area contributed by atoms with Gasteiger partial charge in [0.1, 0.15) is 5.60 Å². The van der Waals surface area contributed by atoms with Crippen LogP contribution in [0.3, 0.4) is 0 Å². The van der Waals surface area contributed by atoms with Crippen molar-refractivity contribution in [3.8, 4) is 0 Å². The zero-order chi connectivity index (χ0) is 25.0. The lowest BCUT2D eigenvalue weighted by molar-refractivity contribution is -0.120. The van der Waals surface area contributed by atoms with E-state index in [0.717, 1.165) is 0 Å². The average molecular weight is 461 g/mol. The lowest BCUT2D eigenvalue weighted by Crippen LogP contribution is -2.45. The van der Waals surface area contributed by atoms with Crippen LogP contribution in [0.4, 0.5) is 4.79 Å². The predicted octanol–water partition coefficient (Wildman–Crippen LogP) is 1.84. The molecule has 0 fully saturated rings. The molecule has 3 N–H and O–H groups in total. The van der Waals surface area contributed by atoms with Crippen molar-refractivity contribution in [2.45, 2.75) is 59.1 Å². The molecule has 10 nitrogen and oxygen atoms in total. The van der Waals surface area contributed by atoms with Gasteiger partial charge in [-0.05, 0) is 66.2 Å². The molecule has 1 aromatic rings. The zero-order valence-corrected chi connectivity index (χ0v) is 20.0. The van der Waals surface area contributed by atoms with E-state index in [1.807, 2.05) is 0 Å². The number of imide groups is 1. The summed E-state index contributed by atoms with van der Waals surface area (Å²) >= 11 is 0. The monoisotopic (exact) mass is 460 g/mol. The second kappa shape index (κ2) is 10.0. The van der Waals surface area contributed by atoms with Gasteiger partial charge in [-0.25, -0.2) is 4.79 Å². The molecule has 0 saturated heterocycles. The fourth-order valence-corrected chi connectivity index (χ4v) is 3.14. The third kappa shape index (κ3) is 7.03. The summed E-state index contributed by atoms with van der Waals surface area (Å²) < 4.78 is 5.04. The Morgan fingerprint density at radius 3 is 2.09 bits per heavy atom. The second-order valence-corrected chi connectivity index (χ2v) is 9.69. The number of nitrogens with zero attached hydrogens (tertiary/aromatic N) is 1. The van der Waals surface area contributed by atoms with Gasteiger partial charge in [0, 0.05) is 24.2 Å². The first-order valence-corrected chi connectivity index (χ1v) is 10.8. The van der Waals surface area contributed by atoms with E-state index in [4.69, 9.17) is 4.74 Å². The quantitative estimate of drug-likeness (QED) is 0.420. The Kier molecular flexibility index (Phi) is 7.84. The first-order chi connectivity index (χ1) is 15.2. The standard InChI is InChI=1S/C23H32N4O6/c1-22(2,3)27-19(30)15-9-8-14(12-16(15)20(27)31)18(29)25-11-7-10-24-17(28)13-26-21(32)33-23(4,5)6/h8-9,12H,7,10-11,13H2,1-6H3,(H,24,28)(H,25,29)(H,26,32). The minimum atomic E-state index is -0.676. The van der Waals surface area contributed by atoms with Gasteiger partial charge in [-0.3, -0.25) is 24.1 Å². The van der Waals surface area contributed by atoms with Gasteiger partial charge < -0.3 is 20.7 Å². The molecule has 33 heavy (non-hydrogen) atoms. The van der Waals surface area contributed by atoms with Gasteiger partial charge in [0.25, 0.3) is 17.7 Å². The lowest BCUT2D eigenvalue weighted by Gasteiger charge is -2.29. The van der Waals surface area contributed by atoms with Crippen LogP contribution in [-0.4, -0.2) is 65.4 Å². The molecule has 10 heteroatoms. The van der Waals surface area contributed by atoms with Gasteiger partial charge in [0.15, 0.2) is 0 Å². The van der Waals surface area contributed by atoms with E-state index in [-0.39, 0.29) is 47.5 Å². The van der Waals surface area contributed by atoms with Crippen LogP contribution >= 0.6 is 0 Å². The number of nitrogens with one attached hydrogen (secondary N) is 3. The summed E-state index contributed by atoms with van der Waals surface area (Å²) in [5.74, 6) is -1.55. The first kappa shape index (κ1) is 25.8. The Labute approximate surface area is 193 Å². The number of carbonyl (C=O) groups excluding carboxylic acids is 5. The van der Waals surface area contributed by atoms with Crippen LogP contribution in [0.15, 0.2) is 18.2 Å². The van der Waals surface area contributed by atoms with Crippen LogP contribution in [0, 0.1) is 0 Å². The van der Waals surface area contributed by atoms with Crippen LogP contribution in [0.25, 0.3) is 0 Å². The number of rotatable bonds is 7. The highest BCUT2D eigenvalue weighted by Gasteiger charge is 2.42. The van der Waals surface area contributed by atoms with E-state index in [0.29, 0.717) is 13.0 Å². The van der Waals surface area contributed by atoms with Crippen molar-refractivity contribution in [1.29, 1.82) is 0 Å². The number of carbonyl (C=O) groups is 5. The molecule has 0 bridgehead atoms. The van der Waals surface area contributed by atoms with Crippen molar-refractivity contribution in [2.75, 3.05) is 19.6 Å². The molecule has 0 aromatic heterocycles. The number of benzene rings is 1. The summed E-state index contributed by atoms with van der Waals surface area (Å²) in [7, 11) is 0. The summed E-state index contributed by atoms with van der Waals surface area (Å²) in [6.07, 6.45) is -0.213. The molecule has 0 radical (unpaired) electrons. The van der Waals surface area contributed by atoms with E-state index in [1.165, 1.54) is 23.1 Å². The number of ether oxygens (including phenoxy) is 1. The molecular weight excluding hydrogens is 428 g/mol.